The third-order valence-electron chi connectivity index (χ3n) is 3.47. The highest BCUT2D eigenvalue weighted by molar-refractivity contribution is 6.31. The molecule has 1 aliphatic rings. The molecule has 2 N–H and O–H groups in total. The average Bonchev–Trinajstić information content (AvgIpc) is 2.18. The van der Waals surface area contributed by atoms with Crippen LogP contribution in [0.1, 0.15) is 30.4 Å². The van der Waals surface area contributed by atoms with Crippen LogP contribution in [0, 0.1) is 0 Å². The van der Waals surface area contributed by atoms with E-state index in [1.807, 2.05) is 6.07 Å². The Morgan fingerprint density at radius 1 is 1.44 bits per heavy atom. The van der Waals surface area contributed by atoms with Gasteiger partial charge in [-0.2, -0.15) is 0 Å². The SMILES string of the molecule is CN(Cc1ccc(CN)cc1Cl)C1CCC1. The zero-order valence-electron chi connectivity index (χ0n) is 9.75. The van der Waals surface area contributed by atoms with Gasteiger partial charge in [-0.15, -0.1) is 0 Å². The summed E-state index contributed by atoms with van der Waals surface area (Å²) in [6, 6.07) is 6.89. The van der Waals surface area contributed by atoms with Gasteiger partial charge in [0.05, 0.1) is 0 Å². The third kappa shape index (κ3) is 2.57. The molecule has 1 aliphatic carbocycles. The molecule has 2 nitrogen and oxygen atoms in total. The molecule has 16 heavy (non-hydrogen) atoms. The van der Waals surface area contributed by atoms with E-state index in [0.29, 0.717) is 6.54 Å². The van der Waals surface area contributed by atoms with Gasteiger partial charge >= 0.3 is 0 Å². The fourth-order valence-electron chi connectivity index (χ4n) is 2.07. The Morgan fingerprint density at radius 3 is 2.69 bits per heavy atom. The molecule has 1 aromatic carbocycles. The highest BCUT2D eigenvalue weighted by Gasteiger charge is 2.22. The van der Waals surface area contributed by atoms with Crippen LogP contribution in [0.4, 0.5) is 0 Å². The first-order valence-electron chi connectivity index (χ1n) is 5.88. The maximum absolute atomic E-state index is 6.24. The average molecular weight is 239 g/mol. The highest BCUT2D eigenvalue weighted by atomic mass is 35.5. The van der Waals surface area contributed by atoms with E-state index in [9.17, 15) is 0 Å². The summed E-state index contributed by atoms with van der Waals surface area (Å²) in [5.74, 6) is 0. The molecule has 0 bridgehead atoms. The highest BCUT2D eigenvalue weighted by Crippen LogP contribution is 2.26. The van der Waals surface area contributed by atoms with Crippen LogP contribution in [0.5, 0.6) is 0 Å². The summed E-state index contributed by atoms with van der Waals surface area (Å²) in [4.78, 5) is 2.40. The molecule has 2 rings (SSSR count). The molecule has 3 heteroatoms. The van der Waals surface area contributed by atoms with Crippen molar-refractivity contribution >= 4 is 11.6 Å². The number of hydrogen-bond acceptors (Lipinski definition) is 2. The molecule has 88 valence electrons. The van der Waals surface area contributed by atoms with Crippen molar-refractivity contribution in [2.24, 2.45) is 5.73 Å². The van der Waals surface area contributed by atoms with Crippen molar-refractivity contribution in [3.63, 3.8) is 0 Å². The minimum Gasteiger partial charge on any atom is -0.326 e. The van der Waals surface area contributed by atoms with E-state index in [0.717, 1.165) is 23.2 Å². The van der Waals surface area contributed by atoms with Gasteiger partial charge in [0.2, 0.25) is 0 Å². The van der Waals surface area contributed by atoms with Crippen LogP contribution in [0.25, 0.3) is 0 Å². The van der Waals surface area contributed by atoms with Crippen LogP contribution in [0.3, 0.4) is 0 Å². The van der Waals surface area contributed by atoms with Gasteiger partial charge in [0.15, 0.2) is 0 Å². The second kappa shape index (κ2) is 5.17. The van der Waals surface area contributed by atoms with Crippen LogP contribution < -0.4 is 5.73 Å². The van der Waals surface area contributed by atoms with Gasteiger partial charge in [-0.05, 0) is 37.1 Å². The third-order valence-corrected chi connectivity index (χ3v) is 3.82. The normalized spacial score (nSPS) is 16.5. The fourth-order valence-corrected chi connectivity index (χ4v) is 2.33. The van der Waals surface area contributed by atoms with Crippen LogP contribution in [-0.4, -0.2) is 18.0 Å². The first-order valence-corrected chi connectivity index (χ1v) is 6.26. The lowest BCUT2D eigenvalue weighted by atomic mass is 9.91. The molecular weight excluding hydrogens is 220 g/mol. The van der Waals surface area contributed by atoms with E-state index < -0.39 is 0 Å². The summed E-state index contributed by atoms with van der Waals surface area (Å²) >= 11 is 6.24. The summed E-state index contributed by atoms with van der Waals surface area (Å²) in [5, 5.41) is 0.842. The molecule has 0 saturated heterocycles. The number of hydrogen-bond donors (Lipinski definition) is 1. The van der Waals surface area contributed by atoms with E-state index in [1.165, 1.54) is 24.8 Å². The second-order valence-corrected chi connectivity index (χ2v) is 5.04. The summed E-state index contributed by atoms with van der Waals surface area (Å²) in [7, 11) is 2.18. The van der Waals surface area contributed by atoms with E-state index in [4.69, 9.17) is 17.3 Å². The number of halogens is 1. The first kappa shape index (κ1) is 11.9. The molecule has 1 aromatic rings. The van der Waals surface area contributed by atoms with Crippen molar-refractivity contribution in [1.29, 1.82) is 0 Å². The number of benzene rings is 1. The molecule has 1 fully saturated rings. The molecule has 0 heterocycles. The van der Waals surface area contributed by atoms with E-state index in [1.54, 1.807) is 0 Å². The Balaban J connectivity index is 2.03. The number of rotatable bonds is 4. The molecule has 1 saturated carbocycles. The minimum atomic E-state index is 0.554. The smallest absolute Gasteiger partial charge is 0.0454 e. The van der Waals surface area contributed by atoms with Crippen molar-refractivity contribution in [3.05, 3.63) is 34.3 Å². The second-order valence-electron chi connectivity index (χ2n) is 4.63. The molecule has 0 aliphatic heterocycles. The Labute approximate surface area is 102 Å². The lowest BCUT2D eigenvalue weighted by Gasteiger charge is -2.34. The van der Waals surface area contributed by atoms with Crippen molar-refractivity contribution in [2.45, 2.75) is 38.4 Å². The Bertz CT molecular complexity index is 361. The number of nitrogens with zero attached hydrogens (tertiary/aromatic N) is 1. The van der Waals surface area contributed by atoms with E-state index in [-0.39, 0.29) is 0 Å². The molecule has 0 radical (unpaired) electrons. The Hall–Kier alpha value is -0.570. The van der Waals surface area contributed by atoms with Gasteiger partial charge < -0.3 is 5.73 Å². The van der Waals surface area contributed by atoms with Gasteiger partial charge in [-0.25, -0.2) is 0 Å². The van der Waals surface area contributed by atoms with E-state index in [2.05, 4.69) is 24.1 Å². The predicted molar refractivity (Wildman–Crippen MR) is 68.4 cm³/mol. The summed E-state index contributed by atoms with van der Waals surface area (Å²) in [5.41, 5.74) is 7.88. The van der Waals surface area contributed by atoms with Gasteiger partial charge in [0.1, 0.15) is 0 Å². The number of nitrogens with two attached hydrogens (primary N) is 1. The molecule has 0 amide bonds. The topological polar surface area (TPSA) is 29.3 Å². The maximum Gasteiger partial charge on any atom is 0.0454 e. The van der Waals surface area contributed by atoms with E-state index >= 15 is 0 Å². The zero-order chi connectivity index (χ0) is 11.5. The van der Waals surface area contributed by atoms with Crippen LogP contribution in [-0.2, 0) is 13.1 Å². The predicted octanol–water partition coefficient (Wildman–Crippen LogP) is 2.78. The van der Waals surface area contributed by atoms with Crippen LogP contribution in [0.2, 0.25) is 5.02 Å². The quantitative estimate of drug-likeness (QED) is 0.874. The van der Waals surface area contributed by atoms with Gasteiger partial charge in [0, 0.05) is 24.2 Å². The van der Waals surface area contributed by atoms with Crippen molar-refractivity contribution in [2.75, 3.05) is 7.05 Å². The standard InChI is InChI=1S/C13H19ClN2/c1-16(12-3-2-4-12)9-11-6-5-10(8-15)7-13(11)14/h5-7,12H,2-4,8-9,15H2,1H3. The minimum absolute atomic E-state index is 0.554. The van der Waals surface area contributed by atoms with Crippen LogP contribution >= 0.6 is 11.6 Å². The fraction of sp³-hybridized carbons (Fsp3) is 0.538. The van der Waals surface area contributed by atoms with Crippen molar-refractivity contribution < 1.29 is 0 Å². The molecular formula is C13H19ClN2. The van der Waals surface area contributed by atoms with Gasteiger partial charge in [0.25, 0.3) is 0 Å². The Morgan fingerprint density at radius 2 is 2.19 bits per heavy atom. The molecule has 0 aromatic heterocycles. The molecule has 0 atom stereocenters. The molecule has 0 spiro atoms. The zero-order valence-corrected chi connectivity index (χ0v) is 10.5. The lowest BCUT2D eigenvalue weighted by molar-refractivity contribution is 0.152. The maximum atomic E-state index is 6.24. The van der Waals surface area contributed by atoms with Crippen molar-refractivity contribution in [3.8, 4) is 0 Å². The van der Waals surface area contributed by atoms with Crippen molar-refractivity contribution in [1.82, 2.24) is 4.90 Å². The van der Waals surface area contributed by atoms with Crippen LogP contribution in [0.15, 0.2) is 18.2 Å². The van der Waals surface area contributed by atoms with Gasteiger partial charge in [-0.1, -0.05) is 30.2 Å². The summed E-state index contributed by atoms with van der Waals surface area (Å²) in [6.07, 6.45) is 4.03. The lowest BCUT2D eigenvalue weighted by Crippen LogP contribution is -2.36. The summed E-state index contributed by atoms with van der Waals surface area (Å²) in [6.45, 7) is 1.49. The van der Waals surface area contributed by atoms with Gasteiger partial charge in [-0.3, -0.25) is 4.90 Å². The largest absolute Gasteiger partial charge is 0.326 e. The Kier molecular flexibility index (Phi) is 3.85. The monoisotopic (exact) mass is 238 g/mol. The summed E-state index contributed by atoms with van der Waals surface area (Å²) < 4.78 is 0. The first-order chi connectivity index (χ1) is 7.70. The molecule has 0 unspecified atom stereocenters.